The first-order valence-corrected chi connectivity index (χ1v) is 7.08. The summed E-state index contributed by atoms with van der Waals surface area (Å²) in [4.78, 5) is 13.0. The zero-order valence-electron chi connectivity index (χ0n) is 12.3. The SMILES string of the molecule is CCCCCN(CCC(=O)O)c1cc(C)cc(C)c1. The number of hydrogen-bond acceptors (Lipinski definition) is 2. The number of carbonyl (C=O) groups is 1. The molecule has 0 saturated carbocycles. The van der Waals surface area contributed by atoms with Crippen molar-refractivity contribution in [2.45, 2.75) is 46.5 Å². The predicted octanol–water partition coefficient (Wildman–Crippen LogP) is 3.77. The molecule has 0 amide bonds. The minimum atomic E-state index is -0.732. The maximum atomic E-state index is 10.8. The van der Waals surface area contributed by atoms with Crippen LogP contribution in [0.5, 0.6) is 0 Å². The van der Waals surface area contributed by atoms with E-state index in [1.165, 1.54) is 24.0 Å². The zero-order valence-corrected chi connectivity index (χ0v) is 12.3. The number of unbranched alkanes of at least 4 members (excludes halogenated alkanes) is 2. The molecule has 0 aliphatic carbocycles. The quantitative estimate of drug-likeness (QED) is 0.726. The van der Waals surface area contributed by atoms with Gasteiger partial charge >= 0.3 is 5.97 Å². The van der Waals surface area contributed by atoms with Gasteiger partial charge in [0.15, 0.2) is 0 Å². The van der Waals surface area contributed by atoms with Crippen LogP contribution in [-0.2, 0) is 4.79 Å². The molecule has 1 rings (SSSR count). The summed E-state index contributed by atoms with van der Waals surface area (Å²) in [5, 5.41) is 8.86. The first-order valence-electron chi connectivity index (χ1n) is 7.08. The highest BCUT2D eigenvalue weighted by molar-refractivity contribution is 5.67. The van der Waals surface area contributed by atoms with Gasteiger partial charge in [0.25, 0.3) is 0 Å². The highest BCUT2D eigenvalue weighted by Gasteiger charge is 2.09. The van der Waals surface area contributed by atoms with E-state index in [9.17, 15) is 4.79 Å². The molecule has 0 radical (unpaired) electrons. The van der Waals surface area contributed by atoms with Crippen LogP contribution in [0.25, 0.3) is 0 Å². The molecule has 0 heterocycles. The van der Waals surface area contributed by atoms with Crippen molar-refractivity contribution < 1.29 is 9.90 Å². The fourth-order valence-corrected chi connectivity index (χ4v) is 2.29. The van der Waals surface area contributed by atoms with E-state index in [0.717, 1.165) is 18.7 Å². The van der Waals surface area contributed by atoms with Crippen LogP contribution >= 0.6 is 0 Å². The van der Waals surface area contributed by atoms with Gasteiger partial charge in [0, 0.05) is 18.8 Å². The molecule has 0 spiro atoms. The van der Waals surface area contributed by atoms with Crippen molar-refractivity contribution in [2.24, 2.45) is 0 Å². The van der Waals surface area contributed by atoms with E-state index in [2.05, 4.69) is 43.9 Å². The third-order valence-electron chi connectivity index (χ3n) is 3.20. The lowest BCUT2D eigenvalue weighted by Gasteiger charge is -2.25. The molecule has 0 aliphatic rings. The van der Waals surface area contributed by atoms with Crippen LogP contribution in [0.3, 0.4) is 0 Å². The van der Waals surface area contributed by atoms with Crippen molar-refractivity contribution in [1.82, 2.24) is 0 Å². The van der Waals surface area contributed by atoms with E-state index in [1.807, 2.05) is 0 Å². The van der Waals surface area contributed by atoms with Gasteiger partial charge in [-0.05, 0) is 43.5 Å². The number of hydrogen-bond donors (Lipinski definition) is 1. The number of rotatable bonds is 8. The number of carboxylic acid groups (broad SMARTS) is 1. The van der Waals surface area contributed by atoms with E-state index >= 15 is 0 Å². The Kier molecular flexibility index (Phi) is 6.40. The number of benzene rings is 1. The summed E-state index contributed by atoms with van der Waals surface area (Å²) in [5.41, 5.74) is 3.60. The Morgan fingerprint density at radius 3 is 2.26 bits per heavy atom. The third-order valence-corrected chi connectivity index (χ3v) is 3.20. The van der Waals surface area contributed by atoms with Gasteiger partial charge in [0.05, 0.1) is 6.42 Å². The number of anilines is 1. The third kappa shape index (κ3) is 5.77. The normalized spacial score (nSPS) is 10.5. The van der Waals surface area contributed by atoms with Crippen LogP contribution in [0.4, 0.5) is 5.69 Å². The number of aryl methyl sites for hydroxylation is 2. The molecule has 1 N–H and O–H groups in total. The molecular formula is C16H25NO2. The average molecular weight is 263 g/mol. The number of aliphatic carboxylic acids is 1. The fourth-order valence-electron chi connectivity index (χ4n) is 2.29. The summed E-state index contributed by atoms with van der Waals surface area (Å²) in [5.74, 6) is -0.732. The van der Waals surface area contributed by atoms with Crippen LogP contribution in [0.1, 0.15) is 43.7 Å². The maximum absolute atomic E-state index is 10.8. The summed E-state index contributed by atoms with van der Waals surface area (Å²) in [7, 11) is 0. The molecule has 0 unspecified atom stereocenters. The zero-order chi connectivity index (χ0) is 14.3. The molecular weight excluding hydrogens is 238 g/mol. The van der Waals surface area contributed by atoms with Crippen LogP contribution in [0, 0.1) is 13.8 Å². The van der Waals surface area contributed by atoms with Crippen LogP contribution in [0.15, 0.2) is 18.2 Å². The molecule has 19 heavy (non-hydrogen) atoms. The second kappa shape index (κ2) is 7.82. The average Bonchev–Trinajstić information content (AvgIpc) is 2.32. The topological polar surface area (TPSA) is 40.5 Å². The molecule has 0 fully saturated rings. The first-order chi connectivity index (χ1) is 9.02. The lowest BCUT2D eigenvalue weighted by molar-refractivity contribution is -0.136. The van der Waals surface area contributed by atoms with Crippen molar-refractivity contribution in [3.05, 3.63) is 29.3 Å². The largest absolute Gasteiger partial charge is 0.481 e. The summed E-state index contributed by atoms with van der Waals surface area (Å²) < 4.78 is 0. The van der Waals surface area contributed by atoms with Gasteiger partial charge in [-0.1, -0.05) is 25.8 Å². The second-order valence-corrected chi connectivity index (χ2v) is 5.18. The van der Waals surface area contributed by atoms with Gasteiger partial charge in [-0.25, -0.2) is 0 Å². The summed E-state index contributed by atoms with van der Waals surface area (Å²) in [6.45, 7) is 7.86. The van der Waals surface area contributed by atoms with Crippen LogP contribution in [-0.4, -0.2) is 24.2 Å². The molecule has 1 aromatic rings. The van der Waals surface area contributed by atoms with Gasteiger partial charge in [0.2, 0.25) is 0 Å². The molecule has 0 saturated heterocycles. The standard InChI is InChI=1S/C16H25NO2/c1-4-5-6-8-17(9-7-16(18)19)15-11-13(2)10-14(3)12-15/h10-12H,4-9H2,1-3H3,(H,18,19). The summed E-state index contributed by atoms with van der Waals surface area (Å²) in [6.07, 6.45) is 3.68. The van der Waals surface area contributed by atoms with Crippen molar-refractivity contribution in [3.63, 3.8) is 0 Å². The number of nitrogens with zero attached hydrogens (tertiary/aromatic N) is 1. The van der Waals surface area contributed by atoms with E-state index in [1.54, 1.807) is 0 Å². The Bertz CT molecular complexity index is 395. The first kappa shape index (κ1) is 15.5. The Morgan fingerprint density at radius 1 is 1.11 bits per heavy atom. The smallest absolute Gasteiger partial charge is 0.305 e. The second-order valence-electron chi connectivity index (χ2n) is 5.18. The van der Waals surface area contributed by atoms with Crippen molar-refractivity contribution in [1.29, 1.82) is 0 Å². The van der Waals surface area contributed by atoms with Gasteiger partial charge in [-0.15, -0.1) is 0 Å². The van der Waals surface area contributed by atoms with Gasteiger partial charge in [-0.2, -0.15) is 0 Å². The van der Waals surface area contributed by atoms with E-state index in [-0.39, 0.29) is 6.42 Å². The van der Waals surface area contributed by atoms with Gasteiger partial charge in [0.1, 0.15) is 0 Å². The minimum Gasteiger partial charge on any atom is -0.481 e. The predicted molar refractivity (Wildman–Crippen MR) is 79.9 cm³/mol. The fraction of sp³-hybridized carbons (Fsp3) is 0.562. The Labute approximate surface area is 116 Å². The van der Waals surface area contributed by atoms with Crippen molar-refractivity contribution in [3.8, 4) is 0 Å². The molecule has 1 aromatic carbocycles. The maximum Gasteiger partial charge on any atom is 0.305 e. The highest BCUT2D eigenvalue weighted by atomic mass is 16.4. The van der Waals surface area contributed by atoms with Crippen LogP contribution in [0.2, 0.25) is 0 Å². The van der Waals surface area contributed by atoms with Crippen LogP contribution < -0.4 is 4.90 Å². The Morgan fingerprint density at radius 2 is 1.74 bits per heavy atom. The number of carboxylic acids is 1. The van der Waals surface area contributed by atoms with Gasteiger partial charge < -0.3 is 10.0 Å². The van der Waals surface area contributed by atoms with Gasteiger partial charge in [-0.3, -0.25) is 4.79 Å². The summed E-state index contributed by atoms with van der Waals surface area (Å²) >= 11 is 0. The molecule has 0 bridgehead atoms. The lowest BCUT2D eigenvalue weighted by atomic mass is 10.1. The van der Waals surface area contributed by atoms with E-state index in [0.29, 0.717) is 6.54 Å². The molecule has 0 atom stereocenters. The Hall–Kier alpha value is -1.51. The van der Waals surface area contributed by atoms with Crippen molar-refractivity contribution in [2.75, 3.05) is 18.0 Å². The molecule has 106 valence electrons. The molecule has 3 nitrogen and oxygen atoms in total. The molecule has 0 aliphatic heterocycles. The minimum absolute atomic E-state index is 0.194. The van der Waals surface area contributed by atoms with Crippen molar-refractivity contribution >= 4 is 11.7 Å². The van der Waals surface area contributed by atoms with E-state index < -0.39 is 5.97 Å². The van der Waals surface area contributed by atoms with E-state index in [4.69, 9.17) is 5.11 Å². The monoisotopic (exact) mass is 263 g/mol. The Balaban J connectivity index is 2.77. The molecule has 0 aromatic heterocycles. The summed E-state index contributed by atoms with van der Waals surface area (Å²) in [6, 6.07) is 6.42. The molecule has 3 heteroatoms. The lowest BCUT2D eigenvalue weighted by Crippen LogP contribution is -2.27. The highest BCUT2D eigenvalue weighted by Crippen LogP contribution is 2.19.